The lowest BCUT2D eigenvalue weighted by atomic mass is 9.82. The predicted molar refractivity (Wildman–Crippen MR) is 111 cm³/mol. The second kappa shape index (κ2) is 8.53. The number of nitrogens with zero attached hydrogens (tertiary/aromatic N) is 5. The van der Waals surface area contributed by atoms with E-state index in [9.17, 15) is 18.3 Å². The fourth-order valence-corrected chi connectivity index (χ4v) is 4.38. The minimum Gasteiger partial charge on any atom is -0.382 e. The summed E-state index contributed by atoms with van der Waals surface area (Å²) >= 11 is 1.24. The Kier molecular flexibility index (Phi) is 5.78. The summed E-state index contributed by atoms with van der Waals surface area (Å²) in [6.45, 7) is 1.36. The van der Waals surface area contributed by atoms with Crippen molar-refractivity contribution in [2.24, 2.45) is 0 Å². The van der Waals surface area contributed by atoms with Crippen molar-refractivity contribution in [3.63, 3.8) is 0 Å². The highest BCUT2D eigenvalue weighted by atomic mass is 32.1. The number of aliphatic hydroxyl groups is 1. The lowest BCUT2D eigenvalue weighted by Crippen LogP contribution is -2.38. The van der Waals surface area contributed by atoms with Crippen molar-refractivity contribution in [3.8, 4) is 17.3 Å². The number of hydrogen-bond donors (Lipinski definition) is 1. The minimum atomic E-state index is -2.01. The normalized spacial score (nSPS) is 14.0. The van der Waals surface area contributed by atoms with Crippen LogP contribution in [-0.2, 0) is 12.1 Å². The van der Waals surface area contributed by atoms with Crippen molar-refractivity contribution >= 4 is 11.3 Å². The maximum absolute atomic E-state index is 14.7. The number of benzene rings is 2. The monoisotopic (exact) mass is 455 g/mol. The average molecular weight is 455 g/mol. The molecule has 0 aliphatic rings. The molecule has 0 unspecified atom stereocenters. The molecule has 0 aliphatic carbocycles. The summed E-state index contributed by atoms with van der Waals surface area (Å²) in [5, 5.41) is 26.8. The third-order valence-corrected chi connectivity index (χ3v) is 6.29. The molecule has 0 fully saturated rings. The Morgan fingerprint density at radius 2 is 1.88 bits per heavy atom. The zero-order chi connectivity index (χ0) is 22.9. The van der Waals surface area contributed by atoms with Crippen molar-refractivity contribution in [1.29, 1.82) is 5.26 Å². The van der Waals surface area contributed by atoms with E-state index in [1.165, 1.54) is 28.7 Å². The van der Waals surface area contributed by atoms with Gasteiger partial charge in [-0.1, -0.05) is 19.1 Å². The van der Waals surface area contributed by atoms with Crippen molar-refractivity contribution in [1.82, 2.24) is 19.7 Å². The molecule has 0 saturated carbocycles. The van der Waals surface area contributed by atoms with Crippen LogP contribution in [0.2, 0.25) is 0 Å². The van der Waals surface area contributed by atoms with Crippen LogP contribution in [0.3, 0.4) is 0 Å². The Morgan fingerprint density at radius 3 is 2.53 bits per heavy atom. The first-order chi connectivity index (χ1) is 15.3. The van der Waals surface area contributed by atoms with Gasteiger partial charge in [-0.3, -0.25) is 0 Å². The van der Waals surface area contributed by atoms with E-state index >= 15 is 0 Å². The number of nitriles is 1. The first kappa shape index (κ1) is 21.7. The molecule has 0 amide bonds. The van der Waals surface area contributed by atoms with E-state index in [2.05, 4.69) is 15.1 Å². The smallest absolute Gasteiger partial charge is 0.161 e. The van der Waals surface area contributed by atoms with E-state index < -0.39 is 34.5 Å². The van der Waals surface area contributed by atoms with E-state index in [-0.39, 0.29) is 6.54 Å². The second-order valence-electron chi connectivity index (χ2n) is 7.25. The SMILES string of the molecule is C[C@@H](c1nc(-c2ccc(C#N)cc2)cs1)[C@](O)(Cn1cncn1)c1cc(F)c(F)cc1F. The molecule has 2 heterocycles. The minimum absolute atomic E-state index is 0.262. The molecule has 0 bridgehead atoms. The summed E-state index contributed by atoms with van der Waals surface area (Å²) in [5.41, 5.74) is -0.539. The average Bonchev–Trinajstić information content (AvgIpc) is 3.48. The Balaban J connectivity index is 1.76. The van der Waals surface area contributed by atoms with Gasteiger partial charge in [0.25, 0.3) is 0 Å². The molecule has 4 aromatic rings. The topological polar surface area (TPSA) is 87.6 Å². The van der Waals surface area contributed by atoms with Crippen LogP contribution in [-0.4, -0.2) is 24.9 Å². The van der Waals surface area contributed by atoms with Gasteiger partial charge in [-0.2, -0.15) is 10.4 Å². The molecule has 162 valence electrons. The molecule has 1 N–H and O–H groups in total. The molecule has 2 atom stereocenters. The van der Waals surface area contributed by atoms with Crippen LogP contribution in [0, 0.1) is 28.8 Å². The summed E-state index contributed by atoms with van der Waals surface area (Å²) in [5.74, 6) is -4.52. The molecular weight excluding hydrogens is 439 g/mol. The van der Waals surface area contributed by atoms with Crippen molar-refractivity contribution in [2.75, 3.05) is 0 Å². The third-order valence-electron chi connectivity index (χ3n) is 5.26. The standard InChI is InChI=1S/C22H16F3N5OS/c1-13(21-29-20(9-32-21)15-4-2-14(8-26)3-5-15)22(31,10-30-12-27-11-28-30)16-6-18(24)19(25)7-17(16)23/h2-7,9,11-13,31H,10H2,1H3/t13-,22+/m0/s1. The van der Waals surface area contributed by atoms with Gasteiger partial charge < -0.3 is 5.11 Å². The molecule has 0 radical (unpaired) electrons. The first-order valence-corrected chi connectivity index (χ1v) is 10.4. The molecule has 2 aromatic carbocycles. The summed E-state index contributed by atoms with van der Waals surface area (Å²) < 4.78 is 43.5. The largest absolute Gasteiger partial charge is 0.382 e. The predicted octanol–water partition coefficient (Wildman–Crippen LogP) is 4.38. The van der Waals surface area contributed by atoms with Crippen LogP contribution in [0.1, 0.15) is 29.0 Å². The molecular formula is C22H16F3N5OS. The number of thiazole rings is 1. The van der Waals surface area contributed by atoms with Gasteiger partial charge in [0.15, 0.2) is 11.6 Å². The van der Waals surface area contributed by atoms with Crippen LogP contribution in [0.5, 0.6) is 0 Å². The lowest BCUT2D eigenvalue weighted by molar-refractivity contribution is -0.0115. The van der Waals surface area contributed by atoms with Crippen LogP contribution in [0.4, 0.5) is 13.2 Å². The molecule has 32 heavy (non-hydrogen) atoms. The van der Waals surface area contributed by atoms with E-state index in [4.69, 9.17) is 5.26 Å². The Hall–Kier alpha value is -3.55. The summed E-state index contributed by atoms with van der Waals surface area (Å²) in [6, 6.07) is 9.94. The van der Waals surface area contributed by atoms with Gasteiger partial charge in [-0.25, -0.2) is 27.8 Å². The van der Waals surface area contributed by atoms with E-state index in [0.29, 0.717) is 28.4 Å². The number of aromatic nitrogens is 4. The van der Waals surface area contributed by atoms with E-state index in [0.717, 1.165) is 5.56 Å². The molecule has 6 nitrogen and oxygen atoms in total. The fraction of sp³-hybridized carbons (Fsp3) is 0.182. The second-order valence-corrected chi connectivity index (χ2v) is 8.13. The lowest BCUT2D eigenvalue weighted by Gasteiger charge is -2.33. The van der Waals surface area contributed by atoms with Gasteiger partial charge in [0, 0.05) is 28.5 Å². The number of hydrogen-bond acceptors (Lipinski definition) is 6. The highest BCUT2D eigenvalue weighted by molar-refractivity contribution is 7.10. The number of rotatable bonds is 6. The van der Waals surface area contributed by atoms with E-state index in [1.807, 2.05) is 6.07 Å². The zero-order valence-corrected chi connectivity index (χ0v) is 17.5. The van der Waals surface area contributed by atoms with Gasteiger partial charge in [0.1, 0.15) is 24.1 Å². The quantitative estimate of drug-likeness (QED) is 0.436. The molecule has 0 aliphatic heterocycles. The fourth-order valence-electron chi connectivity index (χ4n) is 3.41. The summed E-state index contributed by atoms with van der Waals surface area (Å²) in [4.78, 5) is 8.39. The molecule has 4 rings (SSSR count). The van der Waals surface area contributed by atoms with Gasteiger partial charge in [0.05, 0.1) is 28.9 Å². The molecule has 10 heteroatoms. The van der Waals surface area contributed by atoms with Crippen molar-refractivity contribution in [3.05, 3.63) is 88.0 Å². The van der Waals surface area contributed by atoms with Gasteiger partial charge in [-0.05, 0) is 18.2 Å². The highest BCUT2D eigenvalue weighted by Gasteiger charge is 2.42. The maximum atomic E-state index is 14.7. The molecule has 0 saturated heterocycles. The van der Waals surface area contributed by atoms with Crippen molar-refractivity contribution < 1.29 is 18.3 Å². The summed E-state index contributed by atoms with van der Waals surface area (Å²) in [6.07, 6.45) is 2.58. The first-order valence-electron chi connectivity index (χ1n) is 9.47. The van der Waals surface area contributed by atoms with Gasteiger partial charge in [-0.15, -0.1) is 11.3 Å². The van der Waals surface area contributed by atoms with Gasteiger partial charge >= 0.3 is 0 Å². The molecule has 0 spiro atoms. The zero-order valence-electron chi connectivity index (χ0n) is 16.7. The Morgan fingerprint density at radius 1 is 1.16 bits per heavy atom. The highest BCUT2D eigenvalue weighted by Crippen LogP contribution is 2.41. The number of halogens is 3. The van der Waals surface area contributed by atoms with Crippen LogP contribution >= 0.6 is 11.3 Å². The van der Waals surface area contributed by atoms with Crippen molar-refractivity contribution in [2.45, 2.75) is 25.0 Å². The summed E-state index contributed by atoms with van der Waals surface area (Å²) in [7, 11) is 0. The molecule has 2 aromatic heterocycles. The Bertz CT molecular complexity index is 1280. The van der Waals surface area contributed by atoms with E-state index in [1.54, 1.807) is 36.6 Å². The van der Waals surface area contributed by atoms with Crippen LogP contribution < -0.4 is 0 Å². The third kappa shape index (κ3) is 4.00. The van der Waals surface area contributed by atoms with Gasteiger partial charge in [0.2, 0.25) is 0 Å². The maximum Gasteiger partial charge on any atom is 0.161 e. The Labute approximate surface area is 185 Å². The van der Waals surface area contributed by atoms with Crippen LogP contribution in [0.25, 0.3) is 11.3 Å². The van der Waals surface area contributed by atoms with Crippen LogP contribution in [0.15, 0.2) is 54.4 Å².